The van der Waals surface area contributed by atoms with Crippen LogP contribution >= 0.6 is 11.3 Å². The van der Waals surface area contributed by atoms with E-state index in [9.17, 15) is 14.7 Å². The number of benzene rings is 2. The van der Waals surface area contributed by atoms with Crippen molar-refractivity contribution in [2.75, 3.05) is 12.3 Å². The summed E-state index contributed by atoms with van der Waals surface area (Å²) in [6, 6.07) is 16.8. The van der Waals surface area contributed by atoms with Gasteiger partial charge in [0.15, 0.2) is 5.13 Å². The number of aryl methyl sites for hydroxylation is 1. The molecule has 7 nitrogen and oxygen atoms in total. The Morgan fingerprint density at radius 2 is 1.77 bits per heavy atom. The number of hydrogen-bond acceptors (Lipinski definition) is 6. The van der Waals surface area contributed by atoms with Crippen LogP contribution in [0.1, 0.15) is 27.5 Å². The van der Waals surface area contributed by atoms with Gasteiger partial charge in [-0.25, -0.2) is 4.98 Å². The summed E-state index contributed by atoms with van der Waals surface area (Å²) in [4.78, 5) is 30.3. The molecular weight excluding hydrogens is 412 g/mol. The van der Waals surface area contributed by atoms with Crippen LogP contribution in [-0.4, -0.2) is 34.6 Å². The zero-order chi connectivity index (χ0) is 22.2. The minimum atomic E-state index is -1.19. The van der Waals surface area contributed by atoms with Gasteiger partial charge in [-0.3, -0.25) is 9.59 Å². The molecule has 0 aliphatic carbocycles. The van der Waals surface area contributed by atoms with Crippen molar-refractivity contribution in [2.24, 2.45) is 0 Å². The number of thiazole rings is 1. The third-order valence-corrected chi connectivity index (χ3v) is 5.77. The predicted molar refractivity (Wildman–Crippen MR) is 121 cm³/mol. The number of aromatic nitrogens is 1. The fourth-order valence-corrected chi connectivity index (χ4v) is 3.90. The lowest BCUT2D eigenvalue weighted by Gasteiger charge is -2.20. The molecule has 31 heavy (non-hydrogen) atoms. The zero-order valence-corrected chi connectivity index (χ0v) is 18.1. The molecule has 2 atom stereocenters. The van der Waals surface area contributed by atoms with E-state index in [2.05, 4.69) is 15.6 Å². The number of anilines is 1. The molecule has 5 N–H and O–H groups in total. The van der Waals surface area contributed by atoms with Crippen LogP contribution in [0.3, 0.4) is 0 Å². The summed E-state index contributed by atoms with van der Waals surface area (Å²) in [5.74, 6) is -1.33. The number of carbonyl (C=O) groups excluding carboxylic acids is 2. The summed E-state index contributed by atoms with van der Waals surface area (Å²) in [7, 11) is 0. The lowest BCUT2D eigenvalue weighted by atomic mass is 9.93. The first-order chi connectivity index (χ1) is 14.9. The van der Waals surface area contributed by atoms with E-state index in [1.807, 2.05) is 61.5 Å². The Balaban J connectivity index is 1.65. The summed E-state index contributed by atoms with van der Waals surface area (Å²) in [5.41, 5.74) is 8.28. The van der Waals surface area contributed by atoms with E-state index in [-0.39, 0.29) is 18.9 Å². The van der Waals surface area contributed by atoms with Crippen LogP contribution in [-0.2, 0) is 22.6 Å². The highest BCUT2D eigenvalue weighted by atomic mass is 32.1. The second-order valence-electron chi connectivity index (χ2n) is 7.24. The second kappa shape index (κ2) is 10.7. The molecule has 0 spiro atoms. The van der Waals surface area contributed by atoms with Gasteiger partial charge in [0.1, 0.15) is 6.10 Å². The average Bonchev–Trinajstić information content (AvgIpc) is 3.19. The van der Waals surface area contributed by atoms with Crippen molar-refractivity contribution in [3.63, 3.8) is 0 Å². The lowest BCUT2D eigenvalue weighted by molar-refractivity contribution is -0.129. The molecule has 162 valence electrons. The van der Waals surface area contributed by atoms with E-state index in [4.69, 9.17) is 5.73 Å². The maximum absolute atomic E-state index is 13.0. The summed E-state index contributed by atoms with van der Waals surface area (Å²) < 4.78 is 0. The molecule has 1 heterocycles. The Morgan fingerprint density at radius 3 is 2.45 bits per heavy atom. The Hall–Kier alpha value is -3.23. The van der Waals surface area contributed by atoms with E-state index < -0.39 is 17.9 Å². The van der Waals surface area contributed by atoms with Crippen molar-refractivity contribution < 1.29 is 14.7 Å². The number of rotatable bonds is 9. The molecule has 0 saturated heterocycles. The van der Waals surface area contributed by atoms with Crippen LogP contribution < -0.4 is 16.4 Å². The van der Waals surface area contributed by atoms with Gasteiger partial charge in [-0.2, -0.15) is 0 Å². The molecule has 3 rings (SSSR count). The molecule has 3 aromatic rings. The predicted octanol–water partition coefficient (Wildman–Crippen LogP) is 2.15. The van der Waals surface area contributed by atoms with Gasteiger partial charge in [-0.15, -0.1) is 11.3 Å². The van der Waals surface area contributed by atoms with Gasteiger partial charge in [0.2, 0.25) is 11.8 Å². The van der Waals surface area contributed by atoms with Crippen molar-refractivity contribution in [3.8, 4) is 0 Å². The molecule has 2 amide bonds. The molecule has 0 aliphatic rings. The standard InChI is InChI=1S/C23H26N4O3S/c1-15-7-5-6-10-18(15)19(21(29)25-12-17-13-27-23(24)31-17)14-26-22(30)20(28)11-16-8-3-2-4-9-16/h2-10,13,19-20,28H,11-12,14H2,1H3,(H2,24,27)(H,25,29)(H,26,30)/t19-,20+/m0/s1. The van der Waals surface area contributed by atoms with Gasteiger partial charge in [-0.1, -0.05) is 54.6 Å². The number of nitrogens with zero attached hydrogens (tertiary/aromatic N) is 1. The van der Waals surface area contributed by atoms with Crippen molar-refractivity contribution in [1.82, 2.24) is 15.6 Å². The van der Waals surface area contributed by atoms with Crippen molar-refractivity contribution in [3.05, 3.63) is 82.4 Å². The van der Waals surface area contributed by atoms with E-state index in [0.717, 1.165) is 21.6 Å². The largest absolute Gasteiger partial charge is 0.383 e. The van der Waals surface area contributed by atoms with Gasteiger partial charge in [0, 0.05) is 24.0 Å². The van der Waals surface area contributed by atoms with Gasteiger partial charge in [-0.05, 0) is 23.6 Å². The highest BCUT2D eigenvalue weighted by molar-refractivity contribution is 7.15. The number of aliphatic hydroxyl groups is 1. The Morgan fingerprint density at radius 1 is 1.06 bits per heavy atom. The topological polar surface area (TPSA) is 117 Å². The van der Waals surface area contributed by atoms with Gasteiger partial charge in [0.05, 0.1) is 12.5 Å². The number of aliphatic hydroxyl groups excluding tert-OH is 1. The van der Waals surface area contributed by atoms with Crippen LogP contribution in [0.15, 0.2) is 60.8 Å². The second-order valence-corrected chi connectivity index (χ2v) is 8.39. The molecule has 0 radical (unpaired) electrons. The Labute approximate surface area is 185 Å². The van der Waals surface area contributed by atoms with Crippen molar-refractivity contribution in [2.45, 2.75) is 31.9 Å². The quantitative estimate of drug-likeness (QED) is 0.408. The molecule has 0 aliphatic heterocycles. The summed E-state index contributed by atoms with van der Waals surface area (Å²) in [6.07, 6.45) is 0.647. The number of nitrogens with two attached hydrogens (primary N) is 1. The van der Waals surface area contributed by atoms with E-state index in [0.29, 0.717) is 11.7 Å². The van der Waals surface area contributed by atoms with Crippen molar-refractivity contribution >= 4 is 28.3 Å². The molecule has 2 aromatic carbocycles. The van der Waals surface area contributed by atoms with E-state index in [1.54, 1.807) is 6.20 Å². The van der Waals surface area contributed by atoms with Crippen LogP contribution in [0.2, 0.25) is 0 Å². The minimum absolute atomic E-state index is 0.0756. The summed E-state index contributed by atoms with van der Waals surface area (Å²) >= 11 is 1.31. The van der Waals surface area contributed by atoms with Crippen LogP contribution in [0.25, 0.3) is 0 Å². The lowest BCUT2D eigenvalue weighted by Crippen LogP contribution is -2.41. The number of nitrogens with one attached hydrogen (secondary N) is 2. The average molecular weight is 439 g/mol. The van der Waals surface area contributed by atoms with E-state index in [1.165, 1.54) is 11.3 Å². The third kappa shape index (κ3) is 6.37. The van der Waals surface area contributed by atoms with Crippen LogP contribution in [0.5, 0.6) is 0 Å². The fraction of sp³-hybridized carbons (Fsp3) is 0.261. The molecule has 0 bridgehead atoms. The monoisotopic (exact) mass is 438 g/mol. The van der Waals surface area contributed by atoms with E-state index >= 15 is 0 Å². The Kier molecular flexibility index (Phi) is 7.75. The molecule has 1 aromatic heterocycles. The highest BCUT2D eigenvalue weighted by Crippen LogP contribution is 2.21. The molecule has 0 fully saturated rings. The first kappa shape index (κ1) is 22.5. The SMILES string of the molecule is Cc1ccccc1[C@H](CNC(=O)[C@H](O)Cc1ccccc1)C(=O)NCc1cnc(N)s1. The van der Waals surface area contributed by atoms with Gasteiger partial charge < -0.3 is 21.5 Å². The van der Waals surface area contributed by atoms with Crippen LogP contribution in [0.4, 0.5) is 5.13 Å². The Bertz CT molecular complexity index is 1020. The number of hydrogen-bond donors (Lipinski definition) is 4. The first-order valence-corrected chi connectivity index (χ1v) is 10.8. The maximum Gasteiger partial charge on any atom is 0.249 e. The summed E-state index contributed by atoms with van der Waals surface area (Å²) in [5, 5.41) is 16.3. The molecular formula is C23H26N4O3S. The summed E-state index contributed by atoms with van der Waals surface area (Å²) in [6.45, 7) is 2.30. The molecule has 0 saturated carbocycles. The normalized spacial score (nSPS) is 12.7. The zero-order valence-electron chi connectivity index (χ0n) is 17.2. The number of amides is 2. The minimum Gasteiger partial charge on any atom is -0.383 e. The van der Waals surface area contributed by atoms with Crippen LogP contribution in [0, 0.1) is 6.92 Å². The number of carbonyl (C=O) groups is 2. The maximum atomic E-state index is 13.0. The van der Waals surface area contributed by atoms with Crippen molar-refractivity contribution in [1.29, 1.82) is 0 Å². The first-order valence-electron chi connectivity index (χ1n) is 9.97. The highest BCUT2D eigenvalue weighted by Gasteiger charge is 2.24. The smallest absolute Gasteiger partial charge is 0.249 e. The fourth-order valence-electron chi connectivity index (χ4n) is 3.27. The molecule has 8 heteroatoms. The third-order valence-electron chi connectivity index (χ3n) is 4.94. The van der Waals surface area contributed by atoms with Gasteiger partial charge >= 0.3 is 0 Å². The molecule has 0 unspecified atom stereocenters. The van der Waals surface area contributed by atoms with Gasteiger partial charge in [0.25, 0.3) is 0 Å². The number of nitrogen functional groups attached to an aromatic ring is 1.